The van der Waals surface area contributed by atoms with Gasteiger partial charge in [-0.2, -0.15) is 4.72 Å². The van der Waals surface area contributed by atoms with E-state index in [0.717, 1.165) is 17.8 Å². The molecule has 1 aliphatic heterocycles. The molecule has 2 N–H and O–H groups in total. The molecule has 0 aliphatic carbocycles. The number of anilines is 1. The molecule has 3 aromatic rings. The van der Waals surface area contributed by atoms with Gasteiger partial charge in [-0.25, -0.2) is 8.42 Å². The summed E-state index contributed by atoms with van der Waals surface area (Å²) in [5.74, 6) is -0.583. The minimum atomic E-state index is -3.77. The van der Waals surface area contributed by atoms with Crippen LogP contribution >= 0.6 is 22.7 Å². The quantitative estimate of drug-likeness (QED) is 0.553. The molecule has 1 atom stereocenters. The lowest BCUT2D eigenvalue weighted by atomic mass is 10.0. The summed E-state index contributed by atoms with van der Waals surface area (Å²) in [4.78, 5) is 29.0. The molecule has 32 heavy (non-hydrogen) atoms. The van der Waals surface area contributed by atoms with E-state index in [4.69, 9.17) is 0 Å². The average molecular weight is 490 g/mol. The summed E-state index contributed by atoms with van der Waals surface area (Å²) in [7, 11) is -3.77. The topological polar surface area (TPSA) is 95.6 Å². The van der Waals surface area contributed by atoms with Gasteiger partial charge < -0.3 is 10.2 Å². The number of rotatable bonds is 6. The maximum Gasteiger partial charge on any atom is 0.254 e. The Morgan fingerprint density at radius 1 is 1.09 bits per heavy atom. The maximum absolute atomic E-state index is 13.2. The first-order valence-electron chi connectivity index (χ1n) is 10.1. The predicted octanol–water partition coefficient (Wildman–Crippen LogP) is 3.62. The zero-order valence-electron chi connectivity index (χ0n) is 17.6. The van der Waals surface area contributed by atoms with Crippen molar-refractivity contribution in [1.82, 2.24) is 9.62 Å². The summed E-state index contributed by atoms with van der Waals surface area (Å²) in [5, 5.41) is 6.46. The molecule has 0 saturated carbocycles. The van der Waals surface area contributed by atoms with Crippen LogP contribution in [0.15, 0.2) is 51.4 Å². The van der Waals surface area contributed by atoms with E-state index in [9.17, 15) is 18.0 Å². The normalized spacial score (nSPS) is 14.6. The Morgan fingerprint density at radius 2 is 1.91 bits per heavy atom. The fourth-order valence-corrected chi connectivity index (χ4v) is 6.70. The van der Waals surface area contributed by atoms with Crippen LogP contribution in [0.5, 0.6) is 0 Å². The number of amides is 2. The van der Waals surface area contributed by atoms with Gasteiger partial charge in [-0.05, 0) is 66.4 Å². The van der Waals surface area contributed by atoms with Crippen LogP contribution in [0, 0.1) is 6.92 Å². The highest BCUT2D eigenvalue weighted by Crippen LogP contribution is 2.27. The molecule has 1 aliphatic rings. The second kappa shape index (κ2) is 9.14. The molecule has 4 rings (SSSR count). The number of hydrogen-bond donors (Lipinski definition) is 2. The summed E-state index contributed by atoms with van der Waals surface area (Å²) in [5.41, 5.74) is 2.84. The second-order valence-corrected chi connectivity index (χ2v) is 11.5. The molecule has 0 bridgehead atoms. The summed E-state index contributed by atoms with van der Waals surface area (Å²) in [6, 6.07) is 9.36. The zero-order valence-corrected chi connectivity index (χ0v) is 20.1. The molecule has 2 aromatic heterocycles. The van der Waals surface area contributed by atoms with Gasteiger partial charge in [-0.1, -0.05) is 12.1 Å². The lowest BCUT2D eigenvalue weighted by Crippen LogP contribution is -2.41. The number of thiophene rings is 2. The van der Waals surface area contributed by atoms with Gasteiger partial charge in [0.25, 0.3) is 15.9 Å². The SMILES string of the molecule is Cc1c(NC(=O)C(C)NS(=O)(=O)c2cccs2)cccc1C(=O)N1CCc2sccc2C1. The molecule has 1 unspecified atom stereocenters. The largest absolute Gasteiger partial charge is 0.334 e. The van der Waals surface area contributed by atoms with Crippen LogP contribution in [0.25, 0.3) is 0 Å². The molecular weight excluding hydrogens is 466 g/mol. The smallest absolute Gasteiger partial charge is 0.254 e. The Labute approximate surface area is 195 Å². The summed E-state index contributed by atoms with van der Waals surface area (Å²) in [6.45, 7) is 4.50. The van der Waals surface area contributed by atoms with E-state index in [0.29, 0.717) is 29.9 Å². The van der Waals surface area contributed by atoms with Gasteiger partial charge in [0.2, 0.25) is 5.91 Å². The number of hydrogen-bond acceptors (Lipinski definition) is 6. The van der Waals surface area contributed by atoms with E-state index in [-0.39, 0.29) is 10.1 Å². The van der Waals surface area contributed by atoms with Crippen molar-refractivity contribution in [3.8, 4) is 0 Å². The third-order valence-electron chi connectivity index (χ3n) is 5.40. The van der Waals surface area contributed by atoms with Crippen LogP contribution in [0.3, 0.4) is 0 Å². The van der Waals surface area contributed by atoms with E-state index < -0.39 is 22.0 Å². The van der Waals surface area contributed by atoms with Gasteiger partial charge >= 0.3 is 0 Å². The summed E-state index contributed by atoms with van der Waals surface area (Å²) < 4.78 is 27.3. The maximum atomic E-state index is 13.2. The van der Waals surface area contributed by atoms with Crippen LogP contribution in [0.4, 0.5) is 5.69 Å². The molecule has 7 nitrogen and oxygen atoms in total. The van der Waals surface area contributed by atoms with Crippen LogP contribution in [-0.4, -0.2) is 37.7 Å². The Bertz CT molecular complexity index is 1250. The summed E-state index contributed by atoms with van der Waals surface area (Å²) in [6.07, 6.45) is 0.843. The Kier molecular flexibility index (Phi) is 6.47. The van der Waals surface area contributed by atoms with E-state index in [1.807, 2.05) is 10.3 Å². The lowest BCUT2D eigenvalue weighted by Gasteiger charge is -2.28. The zero-order chi connectivity index (χ0) is 22.9. The fourth-order valence-electron chi connectivity index (χ4n) is 3.60. The monoisotopic (exact) mass is 489 g/mol. The van der Waals surface area contributed by atoms with Gasteiger partial charge in [0.1, 0.15) is 4.21 Å². The number of benzene rings is 1. The first kappa shape index (κ1) is 22.7. The molecule has 1 aromatic carbocycles. The van der Waals surface area contributed by atoms with Crippen molar-refractivity contribution in [2.75, 3.05) is 11.9 Å². The van der Waals surface area contributed by atoms with E-state index in [1.165, 1.54) is 23.4 Å². The van der Waals surface area contributed by atoms with E-state index in [2.05, 4.69) is 16.1 Å². The third-order valence-corrected chi connectivity index (χ3v) is 9.36. The van der Waals surface area contributed by atoms with E-state index in [1.54, 1.807) is 47.9 Å². The molecule has 168 valence electrons. The fraction of sp³-hybridized carbons (Fsp3) is 0.273. The van der Waals surface area contributed by atoms with Gasteiger partial charge in [0, 0.05) is 29.2 Å². The summed E-state index contributed by atoms with van der Waals surface area (Å²) >= 11 is 2.80. The van der Waals surface area contributed by atoms with Gasteiger partial charge in [0.15, 0.2) is 0 Å². The van der Waals surface area contributed by atoms with Crippen LogP contribution in [0.2, 0.25) is 0 Å². The average Bonchev–Trinajstić information content (AvgIpc) is 3.46. The van der Waals surface area contributed by atoms with Crippen molar-refractivity contribution in [1.29, 1.82) is 0 Å². The van der Waals surface area contributed by atoms with Crippen molar-refractivity contribution in [2.24, 2.45) is 0 Å². The molecular formula is C22H23N3O4S3. The second-order valence-electron chi connectivity index (χ2n) is 7.59. The Morgan fingerprint density at radius 3 is 2.66 bits per heavy atom. The van der Waals surface area contributed by atoms with Crippen molar-refractivity contribution in [3.63, 3.8) is 0 Å². The van der Waals surface area contributed by atoms with Crippen LogP contribution in [-0.2, 0) is 27.8 Å². The standard InChI is InChI=1S/C22H23N3O4S3/c1-14-17(22(27)25-10-8-19-16(13-25)9-12-30-19)5-3-6-18(14)23-21(26)15(2)24-32(28,29)20-7-4-11-31-20/h3-7,9,11-12,15,24H,8,10,13H2,1-2H3,(H,23,26). The third kappa shape index (κ3) is 4.63. The predicted molar refractivity (Wildman–Crippen MR) is 127 cm³/mol. The highest BCUT2D eigenvalue weighted by atomic mass is 32.2. The van der Waals surface area contributed by atoms with Gasteiger partial charge in [-0.15, -0.1) is 22.7 Å². The molecule has 0 radical (unpaired) electrons. The number of carbonyl (C=O) groups is 2. The first-order chi connectivity index (χ1) is 15.3. The number of nitrogens with one attached hydrogen (secondary N) is 2. The van der Waals surface area contributed by atoms with Crippen molar-refractivity contribution >= 4 is 50.2 Å². The highest BCUT2D eigenvalue weighted by molar-refractivity contribution is 7.91. The minimum absolute atomic E-state index is 0.0816. The molecule has 0 spiro atoms. The van der Waals surface area contributed by atoms with Crippen molar-refractivity contribution in [3.05, 3.63) is 68.7 Å². The van der Waals surface area contributed by atoms with Crippen molar-refractivity contribution < 1.29 is 18.0 Å². The number of carbonyl (C=O) groups excluding carboxylic acids is 2. The number of sulfonamides is 1. The Balaban J connectivity index is 1.46. The van der Waals surface area contributed by atoms with Crippen LogP contribution < -0.4 is 10.0 Å². The number of nitrogens with zero attached hydrogens (tertiary/aromatic N) is 1. The molecule has 3 heterocycles. The van der Waals surface area contributed by atoms with Crippen molar-refractivity contribution in [2.45, 2.75) is 37.1 Å². The molecule has 2 amide bonds. The Hall–Kier alpha value is -2.53. The van der Waals surface area contributed by atoms with Gasteiger partial charge in [0.05, 0.1) is 6.04 Å². The van der Waals surface area contributed by atoms with Crippen LogP contribution in [0.1, 0.15) is 33.3 Å². The molecule has 0 saturated heterocycles. The lowest BCUT2D eigenvalue weighted by molar-refractivity contribution is -0.117. The number of fused-ring (bicyclic) bond motifs is 1. The molecule has 0 fully saturated rings. The minimum Gasteiger partial charge on any atom is -0.334 e. The first-order valence-corrected chi connectivity index (χ1v) is 13.3. The van der Waals surface area contributed by atoms with E-state index >= 15 is 0 Å². The van der Waals surface area contributed by atoms with Gasteiger partial charge in [-0.3, -0.25) is 9.59 Å². The highest BCUT2D eigenvalue weighted by Gasteiger charge is 2.26. The molecule has 10 heteroatoms.